The number of likely N-dealkylation sites (tertiary alicyclic amines) is 1. The van der Waals surface area contributed by atoms with Crippen LogP contribution in [0.5, 0.6) is 5.75 Å². The summed E-state index contributed by atoms with van der Waals surface area (Å²) < 4.78 is 33.4. The summed E-state index contributed by atoms with van der Waals surface area (Å²) in [7, 11) is 1.62. The van der Waals surface area contributed by atoms with E-state index in [1.54, 1.807) is 19.2 Å². The van der Waals surface area contributed by atoms with Gasteiger partial charge in [0.1, 0.15) is 11.4 Å². The van der Waals surface area contributed by atoms with E-state index in [4.69, 9.17) is 4.74 Å². The Morgan fingerprint density at radius 1 is 1.06 bits per heavy atom. The quantitative estimate of drug-likeness (QED) is 0.484. The van der Waals surface area contributed by atoms with Crippen LogP contribution in [-0.4, -0.2) is 36.7 Å². The summed E-state index contributed by atoms with van der Waals surface area (Å²) in [6.07, 6.45) is 0.630. The third kappa shape index (κ3) is 4.28. The minimum absolute atomic E-state index is 0.103. The highest BCUT2D eigenvalue weighted by atomic mass is 79.9. The van der Waals surface area contributed by atoms with E-state index in [2.05, 4.69) is 31.5 Å². The number of amides is 1. The summed E-state index contributed by atoms with van der Waals surface area (Å²) >= 11 is 3.51. The average Bonchev–Trinajstić information content (AvgIpc) is 2.82. The van der Waals surface area contributed by atoms with Crippen LogP contribution in [-0.2, 0) is 6.54 Å². The molecule has 0 saturated carbocycles. The van der Waals surface area contributed by atoms with Crippen molar-refractivity contribution >= 4 is 27.5 Å². The molecule has 2 aliphatic rings. The number of anilines is 1. The van der Waals surface area contributed by atoms with E-state index < -0.39 is 17.3 Å². The van der Waals surface area contributed by atoms with Gasteiger partial charge in [0.05, 0.1) is 12.7 Å². The number of fused-ring (bicyclic) bond motifs is 1. The molecule has 0 radical (unpaired) electrons. The van der Waals surface area contributed by atoms with Gasteiger partial charge in [0.25, 0.3) is 5.91 Å². The van der Waals surface area contributed by atoms with Crippen molar-refractivity contribution in [1.82, 2.24) is 10.2 Å². The van der Waals surface area contributed by atoms with Crippen LogP contribution in [0.2, 0.25) is 0 Å². The van der Waals surface area contributed by atoms with Gasteiger partial charge in [-0.15, -0.1) is 0 Å². The number of nitrogens with zero attached hydrogens (tertiary/aromatic N) is 1. The van der Waals surface area contributed by atoms with Gasteiger partial charge in [-0.3, -0.25) is 9.69 Å². The van der Waals surface area contributed by atoms with Crippen molar-refractivity contribution in [3.63, 3.8) is 0 Å². The number of hydrogen-bond donors (Lipinski definition) is 2. The highest BCUT2D eigenvalue weighted by molar-refractivity contribution is 9.10. The van der Waals surface area contributed by atoms with Gasteiger partial charge in [-0.1, -0.05) is 34.1 Å². The molecule has 1 saturated heterocycles. The highest BCUT2D eigenvalue weighted by Gasteiger charge is 2.47. The zero-order chi connectivity index (χ0) is 23.9. The van der Waals surface area contributed by atoms with Crippen molar-refractivity contribution in [3.05, 3.63) is 93.5 Å². The summed E-state index contributed by atoms with van der Waals surface area (Å²) in [4.78, 5) is 15.3. The van der Waals surface area contributed by atoms with Gasteiger partial charge in [-0.2, -0.15) is 0 Å². The molecule has 1 spiro atoms. The SMILES string of the molecule is COc1ccc(C2CN(Cc3ccc(F)c(F)c3)CCC23NC(=O)c2ccc(Br)cc2N3)cc1. The first-order valence-electron chi connectivity index (χ1n) is 11.1. The number of ether oxygens (including phenoxy) is 1. The Bertz CT molecular complexity index is 1240. The van der Waals surface area contributed by atoms with Gasteiger partial charge < -0.3 is 15.4 Å². The molecule has 0 bridgehead atoms. The molecule has 3 aromatic carbocycles. The Labute approximate surface area is 205 Å². The fourth-order valence-electron chi connectivity index (χ4n) is 4.94. The lowest BCUT2D eigenvalue weighted by atomic mass is 9.78. The molecule has 176 valence electrons. The number of halogens is 3. The van der Waals surface area contributed by atoms with Crippen LogP contribution in [0.3, 0.4) is 0 Å². The second-order valence-electron chi connectivity index (χ2n) is 8.80. The number of benzene rings is 3. The molecule has 2 atom stereocenters. The van der Waals surface area contributed by atoms with Crippen LogP contribution in [0.4, 0.5) is 14.5 Å². The molecule has 5 rings (SSSR count). The molecular formula is C26H24BrF2N3O2. The minimum atomic E-state index is -0.851. The Hall–Kier alpha value is -2.97. The van der Waals surface area contributed by atoms with Crippen molar-refractivity contribution in [2.24, 2.45) is 0 Å². The van der Waals surface area contributed by atoms with Crippen LogP contribution in [0, 0.1) is 11.6 Å². The predicted octanol–water partition coefficient (Wildman–Crippen LogP) is 5.28. The van der Waals surface area contributed by atoms with Crippen LogP contribution >= 0.6 is 15.9 Å². The van der Waals surface area contributed by atoms with Crippen LogP contribution < -0.4 is 15.4 Å². The predicted molar refractivity (Wildman–Crippen MR) is 130 cm³/mol. The van der Waals surface area contributed by atoms with Crippen LogP contribution in [0.25, 0.3) is 0 Å². The lowest BCUT2D eigenvalue weighted by molar-refractivity contribution is 0.0765. The van der Waals surface area contributed by atoms with Crippen LogP contribution in [0.1, 0.15) is 33.8 Å². The van der Waals surface area contributed by atoms with E-state index in [-0.39, 0.29) is 11.8 Å². The fourth-order valence-corrected chi connectivity index (χ4v) is 5.30. The number of hydrogen-bond acceptors (Lipinski definition) is 4. The van der Waals surface area contributed by atoms with Gasteiger partial charge in [-0.25, -0.2) is 8.78 Å². The second kappa shape index (κ2) is 9.00. The molecule has 2 N–H and O–H groups in total. The summed E-state index contributed by atoms with van der Waals surface area (Å²) in [6.45, 7) is 1.76. The average molecular weight is 528 g/mol. The number of carbonyl (C=O) groups is 1. The van der Waals surface area contributed by atoms with Crippen LogP contribution in [0.15, 0.2) is 65.1 Å². The van der Waals surface area contributed by atoms with Gasteiger partial charge in [-0.05, 0) is 53.6 Å². The lowest BCUT2D eigenvalue weighted by Crippen LogP contribution is -2.66. The Balaban J connectivity index is 1.49. The molecular weight excluding hydrogens is 504 g/mol. The summed E-state index contributed by atoms with van der Waals surface area (Å²) in [5, 5.41) is 6.89. The van der Waals surface area contributed by atoms with E-state index in [0.717, 1.165) is 27.5 Å². The molecule has 1 amide bonds. The first-order valence-corrected chi connectivity index (χ1v) is 11.9. The van der Waals surface area contributed by atoms with Crippen molar-refractivity contribution < 1.29 is 18.3 Å². The lowest BCUT2D eigenvalue weighted by Gasteiger charge is -2.51. The topological polar surface area (TPSA) is 53.6 Å². The Kier molecular flexibility index (Phi) is 6.04. The van der Waals surface area contributed by atoms with E-state index in [1.165, 1.54) is 6.07 Å². The van der Waals surface area contributed by atoms with E-state index in [9.17, 15) is 13.6 Å². The zero-order valence-corrected chi connectivity index (χ0v) is 20.2. The molecule has 1 fully saturated rings. The summed E-state index contributed by atoms with van der Waals surface area (Å²) in [6, 6.07) is 17.4. The van der Waals surface area contributed by atoms with Crippen molar-refractivity contribution in [2.75, 3.05) is 25.5 Å². The normalized spacial score (nSPS) is 22.1. The summed E-state index contributed by atoms with van der Waals surface area (Å²) in [5.41, 5.74) is 2.45. The molecule has 2 heterocycles. The maximum atomic E-state index is 13.8. The molecule has 8 heteroatoms. The Morgan fingerprint density at radius 2 is 1.85 bits per heavy atom. The van der Waals surface area contributed by atoms with Crippen molar-refractivity contribution in [1.29, 1.82) is 0 Å². The van der Waals surface area contributed by atoms with Crippen molar-refractivity contribution in [2.45, 2.75) is 24.5 Å². The van der Waals surface area contributed by atoms with Crippen molar-refractivity contribution in [3.8, 4) is 5.75 Å². The monoisotopic (exact) mass is 527 g/mol. The molecule has 2 aliphatic heterocycles. The standard InChI is InChI=1S/C26H24BrF2N3O2/c1-34-19-6-3-17(4-7-19)21-15-32(14-16-2-9-22(28)23(29)12-16)11-10-26(21)30-24-13-18(27)5-8-20(24)25(33)31-26/h2-9,12-13,21,30H,10-11,14-15H2,1H3,(H,31,33). The third-order valence-electron chi connectivity index (χ3n) is 6.69. The van der Waals surface area contributed by atoms with Gasteiger partial charge in [0, 0.05) is 42.1 Å². The molecule has 2 unspecified atom stereocenters. The number of rotatable bonds is 4. The van der Waals surface area contributed by atoms with Gasteiger partial charge in [0.2, 0.25) is 0 Å². The first-order chi connectivity index (χ1) is 16.4. The molecule has 3 aromatic rings. The number of piperidine rings is 1. The maximum absolute atomic E-state index is 13.8. The second-order valence-corrected chi connectivity index (χ2v) is 9.72. The number of nitrogens with one attached hydrogen (secondary N) is 2. The Morgan fingerprint density at radius 3 is 2.59 bits per heavy atom. The van der Waals surface area contributed by atoms with E-state index in [1.807, 2.05) is 36.4 Å². The fraction of sp³-hybridized carbons (Fsp3) is 0.269. The van der Waals surface area contributed by atoms with Gasteiger partial charge in [0.15, 0.2) is 11.6 Å². The maximum Gasteiger partial charge on any atom is 0.255 e. The first kappa shape index (κ1) is 22.8. The third-order valence-corrected chi connectivity index (χ3v) is 7.18. The molecule has 0 aliphatic carbocycles. The van der Waals surface area contributed by atoms with E-state index in [0.29, 0.717) is 37.2 Å². The zero-order valence-electron chi connectivity index (χ0n) is 18.6. The summed E-state index contributed by atoms with van der Waals surface area (Å²) in [5.74, 6) is -1.16. The number of carbonyl (C=O) groups excluding carboxylic acids is 1. The van der Waals surface area contributed by atoms with Gasteiger partial charge >= 0.3 is 0 Å². The van der Waals surface area contributed by atoms with E-state index >= 15 is 0 Å². The highest BCUT2D eigenvalue weighted by Crippen LogP contribution is 2.41. The smallest absolute Gasteiger partial charge is 0.255 e. The molecule has 0 aromatic heterocycles. The number of methoxy groups -OCH3 is 1. The largest absolute Gasteiger partial charge is 0.497 e. The molecule has 34 heavy (non-hydrogen) atoms. The molecule has 5 nitrogen and oxygen atoms in total. The minimum Gasteiger partial charge on any atom is -0.497 e.